The molecule has 5 nitrogen and oxygen atoms in total. The summed E-state index contributed by atoms with van der Waals surface area (Å²) in [4.78, 5) is 9.93. The number of thiophene rings is 1. The maximum Gasteiger partial charge on any atom is 0.191 e. The Morgan fingerprint density at radius 2 is 2.16 bits per heavy atom. The second-order valence-corrected chi connectivity index (χ2v) is 7.75. The lowest BCUT2D eigenvalue weighted by Gasteiger charge is -2.20. The molecule has 0 aliphatic carbocycles. The van der Waals surface area contributed by atoms with Gasteiger partial charge in [-0.2, -0.15) is 0 Å². The highest BCUT2D eigenvalue weighted by molar-refractivity contribution is 14.0. The van der Waals surface area contributed by atoms with E-state index in [1.165, 1.54) is 5.01 Å². The Hall–Kier alpha value is -0.710. The topological polar surface area (TPSA) is 69.5 Å². The van der Waals surface area contributed by atoms with Gasteiger partial charge in [0.05, 0.1) is 11.6 Å². The molecule has 2 heterocycles. The average molecular weight is 494 g/mol. The maximum absolute atomic E-state index is 10.6. The Kier molecular flexibility index (Phi) is 9.91. The van der Waals surface area contributed by atoms with Crippen LogP contribution in [0.15, 0.2) is 27.9 Å². The van der Waals surface area contributed by atoms with Crippen LogP contribution in [0.4, 0.5) is 0 Å². The number of nitrogens with one attached hydrogen (secondary N) is 2. The van der Waals surface area contributed by atoms with Crippen LogP contribution in [0.5, 0.6) is 0 Å². The van der Waals surface area contributed by atoms with Crippen molar-refractivity contribution in [3.05, 3.63) is 38.5 Å². The number of guanidine groups is 1. The molecule has 3 N–H and O–H groups in total. The van der Waals surface area contributed by atoms with Gasteiger partial charge >= 0.3 is 0 Å². The number of halogens is 1. The highest BCUT2D eigenvalue weighted by Crippen LogP contribution is 2.25. The number of aromatic nitrogens is 1. The molecule has 0 amide bonds. The van der Waals surface area contributed by atoms with Crippen molar-refractivity contribution in [2.75, 3.05) is 19.6 Å². The molecule has 0 fully saturated rings. The lowest BCUT2D eigenvalue weighted by atomic mass is 10.1. The van der Waals surface area contributed by atoms with E-state index in [1.807, 2.05) is 31.4 Å². The summed E-state index contributed by atoms with van der Waals surface area (Å²) >= 11 is 3.26. The minimum absolute atomic E-state index is 0. The quantitative estimate of drug-likeness (QED) is 0.227. The summed E-state index contributed by atoms with van der Waals surface area (Å²) in [5.41, 5.74) is 0.156. The van der Waals surface area contributed by atoms with Gasteiger partial charge in [0.1, 0.15) is 5.60 Å². The smallest absolute Gasteiger partial charge is 0.191 e. The van der Waals surface area contributed by atoms with Crippen LogP contribution in [0, 0.1) is 6.92 Å². The molecule has 1 unspecified atom stereocenters. The van der Waals surface area contributed by atoms with E-state index in [-0.39, 0.29) is 24.0 Å². The summed E-state index contributed by atoms with van der Waals surface area (Å²) in [6.07, 6.45) is 1.97. The molecule has 0 bridgehead atoms. The third-order valence-corrected chi connectivity index (χ3v) is 5.62. The van der Waals surface area contributed by atoms with E-state index in [9.17, 15) is 5.11 Å². The highest BCUT2D eigenvalue weighted by Gasteiger charge is 2.23. The van der Waals surface area contributed by atoms with E-state index < -0.39 is 5.60 Å². The number of aryl methyl sites for hydroxylation is 2. The average Bonchev–Trinajstić information content (AvgIpc) is 3.21. The Labute approximate surface area is 175 Å². The van der Waals surface area contributed by atoms with Crippen molar-refractivity contribution >= 4 is 52.6 Å². The summed E-state index contributed by atoms with van der Waals surface area (Å²) in [5.74, 6) is 0.740. The van der Waals surface area contributed by atoms with Crippen molar-refractivity contribution in [3.63, 3.8) is 0 Å². The van der Waals surface area contributed by atoms with Gasteiger partial charge in [-0.05, 0) is 38.6 Å². The van der Waals surface area contributed by atoms with E-state index in [0.717, 1.165) is 42.5 Å². The lowest BCUT2D eigenvalue weighted by Crippen LogP contribution is -2.39. The number of thiazole rings is 1. The minimum atomic E-state index is -0.936. The van der Waals surface area contributed by atoms with Crippen molar-refractivity contribution in [2.45, 2.75) is 39.2 Å². The first-order valence-corrected chi connectivity index (χ1v) is 9.96. The zero-order chi connectivity index (χ0) is 17.4. The Bertz CT molecular complexity index is 641. The van der Waals surface area contributed by atoms with Gasteiger partial charge in [0.2, 0.25) is 0 Å². The molecule has 8 heteroatoms. The third-order valence-electron chi connectivity index (χ3n) is 3.47. The lowest BCUT2D eigenvalue weighted by molar-refractivity contribution is 0.0711. The van der Waals surface area contributed by atoms with Gasteiger partial charge in [-0.1, -0.05) is 6.07 Å². The number of aliphatic imine (C=N–C) groups is 1. The summed E-state index contributed by atoms with van der Waals surface area (Å²) in [6, 6.07) is 3.89. The van der Waals surface area contributed by atoms with Crippen molar-refractivity contribution in [2.24, 2.45) is 4.99 Å². The van der Waals surface area contributed by atoms with Crippen LogP contribution in [-0.4, -0.2) is 35.7 Å². The van der Waals surface area contributed by atoms with Crippen LogP contribution in [0.2, 0.25) is 0 Å². The molecule has 0 aromatic carbocycles. The minimum Gasteiger partial charge on any atom is -0.383 e. The Balaban J connectivity index is 0.00000312. The molecule has 0 aliphatic rings. The fraction of sp³-hybridized carbons (Fsp3) is 0.529. The van der Waals surface area contributed by atoms with Crippen LogP contribution >= 0.6 is 46.7 Å². The van der Waals surface area contributed by atoms with Crippen molar-refractivity contribution in [1.29, 1.82) is 0 Å². The molecule has 0 spiro atoms. The zero-order valence-corrected chi connectivity index (χ0v) is 18.9. The van der Waals surface area contributed by atoms with Crippen molar-refractivity contribution in [1.82, 2.24) is 15.6 Å². The molecule has 0 aliphatic heterocycles. The molecule has 2 rings (SSSR count). The maximum atomic E-state index is 10.6. The third kappa shape index (κ3) is 7.59. The molecule has 0 saturated heterocycles. The normalized spacial score (nSPS) is 13.8. The largest absolute Gasteiger partial charge is 0.383 e. The second-order valence-electron chi connectivity index (χ2n) is 5.86. The number of nitrogens with zero attached hydrogens (tertiary/aromatic N) is 2. The molecular weight excluding hydrogens is 467 g/mol. The summed E-state index contributed by atoms with van der Waals surface area (Å²) in [5, 5.41) is 22.3. The first-order valence-electron chi connectivity index (χ1n) is 8.21. The van der Waals surface area contributed by atoms with E-state index in [1.54, 1.807) is 29.6 Å². The van der Waals surface area contributed by atoms with E-state index >= 15 is 0 Å². The molecule has 25 heavy (non-hydrogen) atoms. The Morgan fingerprint density at radius 1 is 1.36 bits per heavy atom. The van der Waals surface area contributed by atoms with E-state index in [2.05, 4.69) is 26.0 Å². The number of hydrogen-bond acceptors (Lipinski definition) is 5. The zero-order valence-electron chi connectivity index (χ0n) is 14.9. The van der Waals surface area contributed by atoms with Gasteiger partial charge in [-0.15, -0.1) is 46.7 Å². The van der Waals surface area contributed by atoms with E-state index in [0.29, 0.717) is 6.54 Å². The number of rotatable bonds is 8. The van der Waals surface area contributed by atoms with Gasteiger partial charge in [0.25, 0.3) is 0 Å². The van der Waals surface area contributed by atoms with E-state index in [4.69, 9.17) is 0 Å². The van der Waals surface area contributed by atoms with Gasteiger partial charge in [0, 0.05) is 35.5 Å². The SMILES string of the molecule is CCNC(=NCC(C)(O)c1cccs1)NCCCc1nc(C)cs1.I. The van der Waals surface area contributed by atoms with Crippen molar-refractivity contribution < 1.29 is 5.11 Å². The second kappa shape index (κ2) is 11.1. The first-order chi connectivity index (χ1) is 11.5. The van der Waals surface area contributed by atoms with Gasteiger partial charge in [-0.25, -0.2) is 9.98 Å². The molecule has 2 aromatic heterocycles. The van der Waals surface area contributed by atoms with Gasteiger partial charge in [0.15, 0.2) is 5.96 Å². The molecule has 0 radical (unpaired) electrons. The fourth-order valence-electron chi connectivity index (χ4n) is 2.20. The number of aliphatic hydroxyl groups is 1. The van der Waals surface area contributed by atoms with Crippen LogP contribution in [0.25, 0.3) is 0 Å². The Morgan fingerprint density at radius 3 is 2.76 bits per heavy atom. The standard InChI is InChI=1S/C17H26N4OS2.HI/c1-4-18-16(19-9-5-8-15-21-13(2)11-24-15)20-12-17(3,22)14-7-6-10-23-14;/h6-7,10-11,22H,4-5,8-9,12H2,1-3H3,(H2,18,19,20);1H. The molecule has 140 valence electrons. The van der Waals surface area contributed by atoms with Crippen LogP contribution < -0.4 is 10.6 Å². The summed E-state index contributed by atoms with van der Waals surface area (Å²) in [6.45, 7) is 7.80. The molecule has 0 saturated carbocycles. The first kappa shape index (κ1) is 22.3. The fourth-order valence-corrected chi connectivity index (χ4v) is 3.80. The van der Waals surface area contributed by atoms with Gasteiger partial charge < -0.3 is 15.7 Å². The van der Waals surface area contributed by atoms with Gasteiger partial charge in [-0.3, -0.25) is 0 Å². The van der Waals surface area contributed by atoms with Crippen LogP contribution in [-0.2, 0) is 12.0 Å². The van der Waals surface area contributed by atoms with Crippen LogP contribution in [0.3, 0.4) is 0 Å². The summed E-state index contributed by atoms with van der Waals surface area (Å²) in [7, 11) is 0. The predicted molar refractivity (Wildman–Crippen MR) is 118 cm³/mol. The molecule has 1 atom stereocenters. The highest BCUT2D eigenvalue weighted by atomic mass is 127. The number of hydrogen-bond donors (Lipinski definition) is 3. The van der Waals surface area contributed by atoms with Crippen molar-refractivity contribution in [3.8, 4) is 0 Å². The predicted octanol–water partition coefficient (Wildman–Crippen LogP) is 3.53. The molecule has 2 aromatic rings. The molecular formula is C17H27IN4OS2. The van der Waals surface area contributed by atoms with Crippen LogP contribution in [0.1, 0.15) is 35.8 Å². The monoisotopic (exact) mass is 494 g/mol. The summed E-state index contributed by atoms with van der Waals surface area (Å²) < 4.78 is 0.